The van der Waals surface area contributed by atoms with Crippen LogP contribution in [-0.4, -0.2) is 18.4 Å². The van der Waals surface area contributed by atoms with Gasteiger partial charge in [-0.3, -0.25) is 20.4 Å². The molecule has 2 amide bonds. The van der Waals surface area contributed by atoms with Crippen molar-refractivity contribution in [3.8, 4) is 0 Å². The lowest BCUT2D eigenvalue weighted by Crippen LogP contribution is -2.36. The molecule has 0 saturated carbocycles. The highest BCUT2D eigenvalue weighted by atomic mass is 79.9. The molecule has 1 aliphatic rings. The van der Waals surface area contributed by atoms with Crippen LogP contribution < -0.4 is 15.8 Å². The van der Waals surface area contributed by atoms with Crippen LogP contribution >= 0.6 is 27.5 Å². The first kappa shape index (κ1) is 16.8. The van der Waals surface area contributed by atoms with E-state index in [9.17, 15) is 9.59 Å². The van der Waals surface area contributed by atoms with E-state index in [1.165, 1.54) is 0 Å². The zero-order valence-corrected chi connectivity index (χ0v) is 15.0. The zero-order chi connectivity index (χ0) is 17.1. The largest absolute Gasteiger partial charge is 0.310 e. The van der Waals surface area contributed by atoms with Gasteiger partial charge in [0.05, 0.1) is 17.3 Å². The molecule has 3 rings (SSSR count). The third kappa shape index (κ3) is 3.71. The standard InChI is InChI=1S/C17H15BrClN3O2/c18-14-6-1-2-7-15(14)22-10-11(8-16(22)23)17(24)21-20-13-5-3-4-12(19)9-13/h1-7,9,11,20H,8,10H2,(H,21,24). The SMILES string of the molecule is O=C(NNc1cccc(Cl)c1)C1CC(=O)N(c2ccccc2Br)C1. The number of hydrazine groups is 1. The Hall–Kier alpha value is -2.05. The highest BCUT2D eigenvalue weighted by molar-refractivity contribution is 9.10. The first-order chi connectivity index (χ1) is 11.5. The summed E-state index contributed by atoms with van der Waals surface area (Å²) >= 11 is 9.34. The maximum atomic E-state index is 12.3. The van der Waals surface area contributed by atoms with Crippen molar-refractivity contribution in [3.63, 3.8) is 0 Å². The van der Waals surface area contributed by atoms with E-state index in [-0.39, 0.29) is 18.2 Å². The van der Waals surface area contributed by atoms with E-state index >= 15 is 0 Å². The van der Waals surface area contributed by atoms with E-state index < -0.39 is 5.92 Å². The van der Waals surface area contributed by atoms with Gasteiger partial charge >= 0.3 is 0 Å². The minimum absolute atomic E-state index is 0.0650. The summed E-state index contributed by atoms with van der Waals surface area (Å²) < 4.78 is 0.830. The molecule has 5 nitrogen and oxygen atoms in total. The van der Waals surface area contributed by atoms with Crippen molar-refractivity contribution in [2.75, 3.05) is 16.9 Å². The van der Waals surface area contributed by atoms with Gasteiger partial charge in [-0.05, 0) is 46.3 Å². The third-order valence-corrected chi connectivity index (χ3v) is 4.70. The van der Waals surface area contributed by atoms with Crippen molar-refractivity contribution in [3.05, 3.63) is 58.0 Å². The number of benzene rings is 2. The second kappa shape index (κ2) is 7.23. The van der Waals surface area contributed by atoms with Gasteiger partial charge in [-0.2, -0.15) is 0 Å². The summed E-state index contributed by atoms with van der Waals surface area (Å²) in [4.78, 5) is 26.2. The van der Waals surface area contributed by atoms with Gasteiger partial charge in [-0.1, -0.05) is 29.8 Å². The third-order valence-electron chi connectivity index (χ3n) is 3.79. The number of carbonyl (C=O) groups excluding carboxylic acids is 2. The summed E-state index contributed by atoms with van der Waals surface area (Å²) in [7, 11) is 0. The molecule has 124 valence electrons. The molecule has 0 bridgehead atoms. The van der Waals surface area contributed by atoms with Gasteiger partial charge in [0.15, 0.2) is 0 Å². The number of anilines is 2. The van der Waals surface area contributed by atoms with Crippen molar-refractivity contribution in [2.24, 2.45) is 5.92 Å². The smallest absolute Gasteiger partial charge is 0.243 e. The van der Waals surface area contributed by atoms with E-state index in [2.05, 4.69) is 26.8 Å². The molecule has 7 heteroatoms. The maximum Gasteiger partial charge on any atom is 0.243 e. The fourth-order valence-corrected chi connectivity index (χ4v) is 3.28. The maximum absolute atomic E-state index is 12.3. The van der Waals surface area contributed by atoms with Crippen LogP contribution in [0.4, 0.5) is 11.4 Å². The highest BCUT2D eigenvalue weighted by Crippen LogP contribution is 2.31. The number of hydrogen-bond donors (Lipinski definition) is 2. The zero-order valence-electron chi connectivity index (χ0n) is 12.6. The topological polar surface area (TPSA) is 61.4 Å². The van der Waals surface area contributed by atoms with Crippen LogP contribution in [0.3, 0.4) is 0 Å². The molecule has 0 spiro atoms. The molecule has 1 unspecified atom stereocenters. The van der Waals surface area contributed by atoms with Gasteiger partial charge in [0.2, 0.25) is 11.8 Å². The molecule has 1 atom stereocenters. The number of para-hydroxylation sites is 1. The number of amides is 2. The molecule has 0 radical (unpaired) electrons. The second-order valence-electron chi connectivity index (χ2n) is 5.48. The summed E-state index contributed by atoms with van der Waals surface area (Å²) in [5, 5.41) is 0.574. The fourth-order valence-electron chi connectivity index (χ4n) is 2.59. The average Bonchev–Trinajstić information content (AvgIpc) is 2.95. The summed E-state index contributed by atoms with van der Waals surface area (Å²) in [5.41, 5.74) is 6.92. The van der Waals surface area contributed by atoms with Crippen LogP contribution in [0.15, 0.2) is 53.0 Å². The fraction of sp³-hybridized carbons (Fsp3) is 0.176. The molecule has 1 heterocycles. The Morgan fingerprint density at radius 3 is 2.75 bits per heavy atom. The van der Waals surface area contributed by atoms with Crippen LogP contribution in [0.2, 0.25) is 5.02 Å². The number of halogens is 2. The van der Waals surface area contributed by atoms with Gasteiger partial charge in [-0.15, -0.1) is 0 Å². The minimum Gasteiger partial charge on any atom is -0.310 e. The summed E-state index contributed by atoms with van der Waals surface area (Å²) in [6.07, 6.45) is 0.185. The Kier molecular flexibility index (Phi) is 5.06. The number of nitrogens with one attached hydrogen (secondary N) is 2. The monoisotopic (exact) mass is 407 g/mol. The van der Waals surface area contributed by atoms with E-state index in [1.807, 2.05) is 24.3 Å². The number of hydrogen-bond acceptors (Lipinski definition) is 3. The van der Waals surface area contributed by atoms with E-state index in [4.69, 9.17) is 11.6 Å². The normalized spacial score (nSPS) is 17.0. The molecule has 0 aromatic heterocycles. The Labute approximate surface area is 153 Å². The predicted molar refractivity (Wildman–Crippen MR) is 97.8 cm³/mol. The van der Waals surface area contributed by atoms with Crippen LogP contribution in [-0.2, 0) is 9.59 Å². The molecule has 1 saturated heterocycles. The molecule has 24 heavy (non-hydrogen) atoms. The van der Waals surface area contributed by atoms with Crippen molar-refractivity contribution in [1.82, 2.24) is 5.43 Å². The summed E-state index contributed by atoms with van der Waals surface area (Å²) in [6, 6.07) is 14.5. The van der Waals surface area contributed by atoms with Crippen LogP contribution in [0, 0.1) is 5.92 Å². The predicted octanol–water partition coefficient (Wildman–Crippen LogP) is 3.60. The number of carbonyl (C=O) groups is 2. The lowest BCUT2D eigenvalue weighted by molar-refractivity contribution is -0.125. The van der Waals surface area contributed by atoms with Crippen molar-refractivity contribution < 1.29 is 9.59 Å². The summed E-state index contributed by atoms with van der Waals surface area (Å²) in [5.74, 6) is -0.695. The number of nitrogens with zero attached hydrogens (tertiary/aromatic N) is 1. The summed E-state index contributed by atoms with van der Waals surface area (Å²) in [6.45, 7) is 0.352. The quantitative estimate of drug-likeness (QED) is 0.760. The average molecular weight is 409 g/mol. The van der Waals surface area contributed by atoms with Crippen LogP contribution in [0.1, 0.15) is 6.42 Å². The van der Waals surface area contributed by atoms with E-state index in [1.54, 1.807) is 29.2 Å². The van der Waals surface area contributed by atoms with Gasteiger partial charge < -0.3 is 4.90 Å². The Morgan fingerprint density at radius 1 is 1.21 bits per heavy atom. The van der Waals surface area contributed by atoms with E-state index in [0.717, 1.165) is 10.2 Å². The minimum atomic E-state index is -0.406. The lowest BCUT2D eigenvalue weighted by atomic mass is 10.1. The van der Waals surface area contributed by atoms with Gasteiger partial charge in [0, 0.05) is 22.5 Å². The molecule has 1 aliphatic heterocycles. The lowest BCUT2D eigenvalue weighted by Gasteiger charge is -2.18. The Bertz CT molecular complexity index is 784. The molecular weight excluding hydrogens is 394 g/mol. The van der Waals surface area contributed by atoms with Crippen molar-refractivity contribution in [2.45, 2.75) is 6.42 Å². The van der Waals surface area contributed by atoms with Crippen LogP contribution in [0.25, 0.3) is 0 Å². The molecule has 2 aromatic carbocycles. The highest BCUT2D eigenvalue weighted by Gasteiger charge is 2.35. The van der Waals surface area contributed by atoms with Crippen molar-refractivity contribution >= 4 is 50.7 Å². The molecule has 0 aliphatic carbocycles. The Balaban J connectivity index is 1.63. The second-order valence-corrected chi connectivity index (χ2v) is 6.77. The first-order valence-electron chi connectivity index (χ1n) is 7.41. The first-order valence-corrected chi connectivity index (χ1v) is 8.58. The molecule has 2 aromatic rings. The molecule has 2 N–H and O–H groups in total. The van der Waals surface area contributed by atoms with Crippen LogP contribution in [0.5, 0.6) is 0 Å². The van der Waals surface area contributed by atoms with E-state index in [0.29, 0.717) is 17.3 Å². The van der Waals surface area contributed by atoms with Gasteiger partial charge in [0.1, 0.15) is 0 Å². The number of rotatable bonds is 4. The van der Waals surface area contributed by atoms with Gasteiger partial charge in [-0.25, -0.2) is 0 Å². The molecular formula is C17H15BrClN3O2. The van der Waals surface area contributed by atoms with Crippen molar-refractivity contribution in [1.29, 1.82) is 0 Å². The Morgan fingerprint density at radius 2 is 2.00 bits per heavy atom. The molecule has 1 fully saturated rings. The van der Waals surface area contributed by atoms with Gasteiger partial charge in [0.25, 0.3) is 0 Å².